The molecule has 7 nitrogen and oxygen atoms in total. The van der Waals surface area contributed by atoms with E-state index in [1.165, 1.54) is 6.33 Å². The van der Waals surface area contributed by atoms with Crippen molar-refractivity contribution < 1.29 is 18.0 Å². The molecule has 1 aromatic carbocycles. The van der Waals surface area contributed by atoms with Crippen molar-refractivity contribution in [2.24, 2.45) is 5.92 Å². The predicted octanol–water partition coefficient (Wildman–Crippen LogP) is 3.65. The number of amides is 1. The van der Waals surface area contributed by atoms with E-state index >= 15 is 0 Å². The zero-order chi connectivity index (χ0) is 21.8. The van der Waals surface area contributed by atoms with Gasteiger partial charge in [-0.05, 0) is 31.5 Å². The number of benzene rings is 1. The van der Waals surface area contributed by atoms with Crippen LogP contribution < -0.4 is 10.6 Å². The zero-order valence-electron chi connectivity index (χ0n) is 16.8. The highest BCUT2D eigenvalue weighted by Crippen LogP contribution is 2.46. The van der Waals surface area contributed by atoms with Crippen molar-refractivity contribution in [1.82, 2.24) is 25.1 Å². The van der Waals surface area contributed by atoms with E-state index in [-0.39, 0.29) is 23.1 Å². The van der Waals surface area contributed by atoms with Gasteiger partial charge in [-0.15, -0.1) is 0 Å². The molecule has 0 saturated carbocycles. The Bertz CT molecular complexity index is 1160. The highest BCUT2D eigenvalue weighted by atomic mass is 19.4. The Morgan fingerprint density at radius 2 is 1.97 bits per heavy atom. The fraction of sp³-hybridized carbons (Fsp3) is 0.429. The molecule has 10 heteroatoms. The maximum Gasteiger partial charge on any atom is 0.396 e. The molecule has 0 radical (unpaired) electrons. The average Bonchev–Trinajstić information content (AvgIpc) is 3.11. The van der Waals surface area contributed by atoms with Gasteiger partial charge in [-0.3, -0.25) is 9.48 Å². The Morgan fingerprint density at radius 1 is 1.16 bits per heavy atom. The number of piperidine rings is 1. The van der Waals surface area contributed by atoms with Crippen LogP contribution in [0.15, 0.2) is 30.6 Å². The molecule has 1 amide bonds. The molecule has 3 aromatic rings. The number of aromatic nitrogens is 4. The number of hydrogen-bond acceptors (Lipinski definition) is 5. The minimum atomic E-state index is -4.60. The molecular weight excluding hydrogens is 409 g/mol. The van der Waals surface area contributed by atoms with Crippen molar-refractivity contribution in [3.63, 3.8) is 0 Å². The summed E-state index contributed by atoms with van der Waals surface area (Å²) in [5.41, 5.74) is 1.23. The standard InChI is InChI=1S/C21H21F3N6O/c1-11-9-25-7-6-14(11)30-15-5-3-2-4-12(15)18(29-30)19-17-13(21(22,23)24)8-16(31)28-20(17)27-10-26-19/h2-5,10-11,13-14,25H,6-9H2,1H3,(H,26,27,28,31)/t11-,13?,14+/m1/s1. The lowest BCUT2D eigenvalue weighted by Gasteiger charge is -2.30. The molecule has 2 aliphatic heterocycles. The van der Waals surface area contributed by atoms with Gasteiger partial charge >= 0.3 is 6.18 Å². The lowest BCUT2D eigenvalue weighted by atomic mass is 9.89. The number of alkyl halides is 3. The van der Waals surface area contributed by atoms with Crippen LogP contribution >= 0.6 is 0 Å². The van der Waals surface area contributed by atoms with E-state index in [9.17, 15) is 18.0 Å². The van der Waals surface area contributed by atoms with E-state index in [1.54, 1.807) is 0 Å². The maximum absolute atomic E-state index is 13.9. The Morgan fingerprint density at radius 3 is 2.74 bits per heavy atom. The molecule has 4 heterocycles. The Labute approximate surface area is 176 Å². The second kappa shape index (κ2) is 7.30. The Kier molecular flexibility index (Phi) is 4.69. The van der Waals surface area contributed by atoms with Crippen molar-refractivity contribution in [2.75, 3.05) is 18.4 Å². The SMILES string of the molecule is C[C@@H]1CNCC[C@@H]1n1nc(-c2ncnc3c2C(C(F)(F)F)CC(=O)N3)c2ccccc21. The molecule has 31 heavy (non-hydrogen) atoms. The molecule has 0 spiro atoms. The van der Waals surface area contributed by atoms with E-state index in [0.29, 0.717) is 11.6 Å². The number of anilines is 1. The topological polar surface area (TPSA) is 84.7 Å². The summed E-state index contributed by atoms with van der Waals surface area (Å²) in [5.74, 6) is -2.48. The molecule has 162 valence electrons. The zero-order valence-corrected chi connectivity index (χ0v) is 16.8. The highest BCUT2D eigenvalue weighted by Gasteiger charge is 2.47. The van der Waals surface area contributed by atoms with E-state index in [4.69, 9.17) is 5.10 Å². The van der Waals surface area contributed by atoms with Crippen LogP contribution in [-0.4, -0.2) is 44.9 Å². The van der Waals surface area contributed by atoms with Crippen LogP contribution in [0.2, 0.25) is 0 Å². The molecule has 1 saturated heterocycles. The molecule has 1 unspecified atom stereocenters. The van der Waals surface area contributed by atoms with Gasteiger partial charge in [-0.2, -0.15) is 18.3 Å². The monoisotopic (exact) mass is 430 g/mol. The van der Waals surface area contributed by atoms with Crippen LogP contribution in [-0.2, 0) is 4.79 Å². The van der Waals surface area contributed by atoms with Gasteiger partial charge in [0, 0.05) is 17.4 Å². The van der Waals surface area contributed by atoms with Gasteiger partial charge in [-0.1, -0.05) is 25.1 Å². The van der Waals surface area contributed by atoms with Crippen LogP contribution in [0.25, 0.3) is 22.3 Å². The largest absolute Gasteiger partial charge is 0.396 e. The summed E-state index contributed by atoms with van der Waals surface area (Å²) >= 11 is 0. The van der Waals surface area contributed by atoms with Gasteiger partial charge in [0.15, 0.2) is 0 Å². The van der Waals surface area contributed by atoms with Gasteiger partial charge in [0.25, 0.3) is 0 Å². The first-order valence-corrected chi connectivity index (χ1v) is 10.2. The second-order valence-electron chi connectivity index (χ2n) is 8.18. The van der Waals surface area contributed by atoms with Crippen LogP contribution in [0.3, 0.4) is 0 Å². The number of rotatable bonds is 2. The Balaban J connectivity index is 1.73. The maximum atomic E-state index is 13.9. The van der Waals surface area contributed by atoms with Crippen LogP contribution in [0.5, 0.6) is 0 Å². The van der Waals surface area contributed by atoms with Crippen molar-refractivity contribution in [1.29, 1.82) is 0 Å². The summed E-state index contributed by atoms with van der Waals surface area (Å²) in [4.78, 5) is 20.0. The molecule has 1 fully saturated rings. The molecule has 2 N–H and O–H groups in total. The fourth-order valence-corrected chi connectivity index (χ4v) is 4.64. The summed E-state index contributed by atoms with van der Waals surface area (Å²) < 4.78 is 43.6. The number of nitrogens with zero attached hydrogens (tertiary/aromatic N) is 4. The third kappa shape index (κ3) is 3.34. The van der Waals surface area contributed by atoms with Crippen molar-refractivity contribution in [3.05, 3.63) is 36.2 Å². The minimum Gasteiger partial charge on any atom is -0.316 e. The number of nitrogens with one attached hydrogen (secondary N) is 2. The third-order valence-electron chi connectivity index (χ3n) is 6.17. The molecule has 2 aromatic heterocycles. The molecule has 3 atom stereocenters. The minimum absolute atomic E-state index is 0.0996. The molecule has 5 rings (SSSR count). The first-order chi connectivity index (χ1) is 14.8. The van der Waals surface area contributed by atoms with Crippen molar-refractivity contribution >= 4 is 22.6 Å². The average molecular weight is 430 g/mol. The fourth-order valence-electron chi connectivity index (χ4n) is 4.64. The van der Waals surface area contributed by atoms with Crippen molar-refractivity contribution in [2.45, 2.75) is 37.9 Å². The summed E-state index contributed by atoms with van der Waals surface area (Å²) in [7, 11) is 0. The smallest absolute Gasteiger partial charge is 0.316 e. The Hall–Kier alpha value is -3.01. The third-order valence-corrected chi connectivity index (χ3v) is 6.17. The second-order valence-corrected chi connectivity index (χ2v) is 8.18. The summed E-state index contributed by atoms with van der Waals surface area (Å²) in [6, 6.07) is 7.62. The number of hydrogen-bond donors (Lipinski definition) is 2. The number of halogens is 3. The quantitative estimate of drug-likeness (QED) is 0.648. The molecule has 2 aliphatic rings. The van der Waals surface area contributed by atoms with E-state index < -0.39 is 24.4 Å². The lowest BCUT2D eigenvalue weighted by molar-refractivity contribution is -0.156. The first-order valence-electron chi connectivity index (χ1n) is 10.2. The van der Waals surface area contributed by atoms with Crippen molar-refractivity contribution in [3.8, 4) is 11.4 Å². The van der Waals surface area contributed by atoms with Crippen LogP contribution in [0, 0.1) is 5.92 Å². The van der Waals surface area contributed by atoms with Crippen LogP contribution in [0.4, 0.5) is 19.0 Å². The van der Waals surface area contributed by atoms with E-state index in [0.717, 1.165) is 30.4 Å². The lowest BCUT2D eigenvalue weighted by Crippen LogP contribution is -2.36. The summed E-state index contributed by atoms with van der Waals surface area (Å²) in [6.07, 6.45) is -3.25. The highest BCUT2D eigenvalue weighted by molar-refractivity contribution is 5.98. The molecular formula is C21H21F3N6O. The molecule has 0 aliphatic carbocycles. The number of fused-ring (bicyclic) bond motifs is 2. The summed E-state index contributed by atoms with van der Waals surface area (Å²) in [6.45, 7) is 3.83. The van der Waals surface area contributed by atoms with Gasteiger partial charge in [-0.25, -0.2) is 9.97 Å². The predicted molar refractivity (Wildman–Crippen MR) is 108 cm³/mol. The number of carbonyl (C=O) groups is 1. The van der Waals surface area contributed by atoms with E-state index in [2.05, 4.69) is 27.5 Å². The number of carbonyl (C=O) groups excluding carboxylic acids is 1. The van der Waals surface area contributed by atoms with Gasteiger partial charge < -0.3 is 10.6 Å². The normalized spacial score (nSPS) is 24.1. The molecule has 0 bridgehead atoms. The van der Waals surface area contributed by atoms with Gasteiger partial charge in [0.2, 0.25) is 5.91 Å². The first kappa shape index (κ1) is 19.9. The summed E-state index contributed by atoms with van der Waals surface area (Å²) in [5, 5.41) is 11.4. The van der Waals surface area contributed by atoms with Gasteiger partial charge in [0.05, 0.1) is 17.5 Å². The van der Waals surface area contributed by atoms with E-state index in [1.807, 2.05) is 28.9 Å². The number of para-hydroxylation sites is 1. The van der Waals surface area contributed by atoms with Crippen LogP contribution in [0.1, 0.15) is 37.3 Å². The van der Waals surface area contributed by atoms with Gasteiger partial charge in [0.1, 0.15) is 23.5 Å².